The lowest BCUT2D eigenvalue weighted by Crippen LogP contribution is -2.31. The maximum absolute atomic E-state index is 13.0. The van der Waals surface area contributed by atoms with Gasteiger partial charge >= 0.3 is 0 Å². The summed E-state index contributed by atoms with van der Waals surface area (Å²) in [7, 11) is 1.53. The second-order valence-corrected chi connectivity index (χ2v) is 4.32. The van der Waals surface area contributed by atoms with Crippen LogP contribution in [0.2, 0.25) is 5.02 Å². The van der Waals surface area contributed by atoms with Crippen molar-refractivity contribution in [2.45, 2.75) is 19.1 Å². The highest BCUT2D eigenvalue weighted by Gasteiger charge is 2.10. The van der Waals surface area contributed by atoms with Crippen LogP contribution in [-0.4, -0.2) is 31.5 Å². The molecular weight excluding hydrogens is 245 g/mol. The van der Waals surface area contributed by atoms with Crippen molar-refractivity contribution >= 4 is 11.6 Å². The van der Waals surface area contributed by atoms with Crippen molar-refractivity contribution in [3.8, 4) is 0 Å². The van der Waals surface area contributed by atoms with Crippen LogP contribution in [0.15, 0.2) is 18.2 Å². The SMILES string of the molecule is COCC(O)CNC(C)c1ccc(F)c(Cl)c1. The zero-order chi connectivity index (χ0) is 12.8. The minimum absolute atomic E-state index is 0.0143. The summed E-state index contributed by atoms with van der Waals surface area (Å²) in [6, 6.07) is 4.57. The van der Waals surface area contributed by atoms with Crippen molar-refractivity contribution in [2.75, 3.05) is 20.3 Å². The lowest BCUT2D eigenvalue weighted by molar-refractivity contribution is 0.0630. The van der Waals surface area contributed by atoms with Gasteiger partial charge in [0.1, 0.15) is 5.82 Å². The Morgan fingerprint density at radius 2 is 2.24 bits per heavy atom. The zero-order valence-corrected chi connectivity index (χ0v) is 10.7. The Labute approximate surface area is 106 Å². The van der Waals surface area contributed by atoms with Gasteiger partial charge in [-0.3, -0.25) is 0 Å². The smallest absolute Gasteiger partial charge is 0.141 e. The third kappa shape index (κ3) is 4.60. The van der Waals surface area contributed by atoms with E-state index in [-0.39, 0.29) is 17.7 Å². The van der Waals surface area contributed by atoms with Gasteiger partial charge in [0.15, 0.2) is 0 Å². The minimum Gasteiger partial charge on any atom is -0.389 e. The Bertz CT molecular complexity index is 362. The monoisotopic (exact) mass is 261 g/mol. The normalized spacial score (nSPS) is 14.6. The molecule has 0 radical (unpaired) electrons. The van der Waals surface area contributed by atoms with E-state index in [4.69, 9.17) is 16.3 Å². The molecule has 0 saturated carbocycles. The molecule has 96 valence electrons. The first-order chi connectivity index (χ1) is 8.04. The number of rotatable bonds is 6. The first kappa shape index (κ1) is 14.4. The van der Waals surface area contributed by atoms with Crippen molar-refractivity contribution in [2.24, 2.45) is 0 Å². The van der Waals surface area contributed by atoms with Crippen molar-refractivity contribution in [1.29, 1.82) is 0 Å². The molecule has 17 heavy (non-hydrogen) atoms. The number of ether oxygens (including phenoxy) is 1. The van der Waals surface area contributed by atoms with Crippen LogP contribution in [0.4, 0.5) is 4.39 Å². The van der Waals surface area contributed by atoms with Crippen molar-refractivity contribution < 1.29 is 14.2 Å². The topological polar surface area (TPSA) is 41.5 Å². The molecule has 0 aliphatic heterocycles. The van der Waals surface area contributed by atoms with Gasteiger partial charge in [-0.1, -0.05) is 17.7 Å². The van der Waals surface area contributed by atoms with Crippen molar-refractivity contribution in [3.63, 3.8) is 0 Å². The largest absolute Gasteiger partial charge is 0.389 e. The van der Waals surface area contributed by atoms with E-state index in [1.165, 1.54) is 13.2 Å². The predicted octanol–water partition coefficient (Wildman–Crippen LogP) is 2.14. The van der Waals surface area contributed by atoms with E-state index in [0.29, 0.717) is 6.54 Å². The average Bonchev–Trinajstić information content (AvgIpc) is 2.30. The molecule has 0 saturated heterocycles. The Hall–Kier alpha value is -0.680. The van der Waals surface area contributed by atoms with E-state index >= 15 is 0 Å². The molecule has 0 spiro atoms. The van der Waals surface area contributed by atoms with E-state index < -0.39 is 11.9 Å². The Balaban J connectivity index is 2.52. The standard InChI is InChI=1S/C12H17ClFNO2/c1-8(15-6-10(16)7-17-2)9-3-4-12(14)11(13)5-9/h3-5,8,10,15-16H,6-7H2,1-2H3. The summed E-state index contributed by atoms with van der Waals surface area (Å²) in [6.45, 7) is 2.61. The average molecular weight is 262 g/mol. The van der Waals surface area contributed by atoms with E-state index in [0.717, 1.165) is 5.56 Å². The molecule has 0 aliphatic rings. The summed E-state index contributed by atoms with van der Waals surface area (Å²) in [5, 5.41) is 12.7. The van der Waals surface area contributed by atoms with Gasteiger partial charge < -0.3 is 15.2 Å². The highest BCUT2D eigenvalue weighted by atomic mass is 35.5. The molecule has 0 heterocycles. The van der Waals surface area contributed by atoms with E-state index in [9.17, 15) is 9.50 Å². The van der Waals surface area contributed by atoms with Crippen LogP contribution < -0.4 is 5.32 Å². The van der Waals surface area contributed by atoms with E-state index in [1.807, 2.05) is 6.92 Å². The van der Waals surface area contributed by atoms with E-state index in [1.54, 1.807) is 12.1 Å². The molecule has 2 atom stereocenters. The second-order valence-electron chi connectivity index (χ2n) is 3.91. The van der Waals surface area contributed by atoms with Crippen LogP contribution in [0.1, 0.15) is 18.5 Å². The maximum atomic E-state index is 13.0. The first-order valence-electron chi connectivity index (χ1n) is 5.40. The number of halogens is 2. The third-order valence-electron chi connectivity index (χ3n) is 2.46. The van der Waals surface area contributed by atoms with Gasteiger partial charge in [0.25, 0.3) is 0 Å². The summed E-state index contributed by atoms with van der Waals surface area (Å²) in [4.78, 5) is 0. The minimum atomic E-state index is -0.557. The molecule has 1 rings (SSSR count). The first-order valence-corrected chi connectivity index (χ1v) is 5.77. The van der Waals surface area contributed by atoms with Gasteiger partial charge in [-0.2, -0.15) is 0 Å². The molecule has 0 fully saturated rings. The van der Waals surface area contributed by atoms with Crippen molar-refractivity contribution in [3.05, 3.63) is 34.6 Å². The van der Waals surface area contributed by atoms with Crippen molar-refractivity contribution in [1.82, 2.24) is 5.32 Å². The molecule has 2 N–H and O–H groups in total. The fourth-order valence-corrected chi connectivity index (χ4v) is 1.65. The van der Waals surface area contributed by atoms with E-state index in [2.05, 4.69) is 5.32 Å². The van der Waals surface area contributed by atoms with Gasteiger partial charge in [0, 0.05) is 19.7 Å². The van der Waals surface area contributed by atoms with Gasteiger partial charge in [-0.15, -0.1) is 0 Å². The molecule has 0 amide bonds. The molecule has 5 heteroatoms. The molecular formula is C12H17ClFNO2. The van der Waals surface area contributed by atoms with Gasteiger partial charge in [0.2, 0.25) is 0 Å². The number of hydrogen-bond acceptors (Lipinski definition) is 3. The fraction of sp³-hybridized carbons (Fsp3) is 0.500. The van der Waals surface area contributed by atoms with Crippen LogP contribution in [0, 0.1) is 5.82 Å². The van der Waals surface area contributed by atoms with Crippen LogP contribution in [0.25, 0.3) is 0 Å². The van der Waals surface area contributed by atoms with Crippen LogP contribution in [0.5, 0.6) is 0 Å². The molecule has 0 bridgehead atoms. The fourth-order valence-electron chi connectivity index (χ4n) is 1.46. The lowest BCUT2D eigenvalue weighted by atomic mass is 10.1. The quantitative estimate of drug-likeness (QED) is 0.824. The number of aliphatic hydroxyl groups excluding tert-OH is 1. The second kappa shape index (κ2) is 6.91. The summed E-state index contributed by atoms with van der Waals surface area (Å²) in [5.74, 6) is -0.429. The number of nitrogens with one attached hydrogen (secondary N) is 1. The number of aliphatic hydroxyl groups is 1. The number of hydrogen-bond donors (Lipinski definition) is 2. The Morgan fingerprint density at radius 3 is 2.82 bits per heavy atom. The zero-order valence-electron chi connectivity index (χ0n) is 9.91. The Morgan fingerprint density at radius 1 is 1.53 bits per heavy atom. The van der Waals surface area contributed by atoms with Gasteiger partial charge in [-0.05, 0) is 24.6 Å². The highest BCUT2D eigenvalue weighted by molar-refractivity contribution is 6.30. The molecule has 1 aromatic carbocycles. The maximum Gasteiger partial charge on any atom is 0.141 e. The van der Waals surface area contributed by atoms with Gasteiger partial charge in [-0.25, -0.2) is 4.39 Å². The van der Waals surface area contributed by atoms with Gasteiger partial charge in [0.05, 0.1) is 17.7 Å². The van der Waals surface area contributed by atoms with Crippen LogP contribution in [0.3, 0.4) is 0 Å². The lowest BCUT2D eigenvalue weighted by Gasteiger charge is -2.17. The highest BCUT2D eigenvalue weighted by Crippen LogP contribution is 2.20. The molecule has 0 aliphatic carbocycles. The molecule has 2 unspecified atom stereocenters. The van der Waals surface area contributed by atoms with Crippen LogP contribution >= 0.6 is 11.6 Å². The predicted molar refractivity (Wildman–Crippen MR) is 65.7 cm³/mol. The molecule has 3 nitrogen and oxygen atoms in total. The third-order valence-corrected chi connectivity index (χ3v) is 2.75. The summed E-state index contributed by atoms with van der Waals surface area (Å²) >= 11 is 5.70. The molecule has 0 aromatic heterocycles. The number of methoxy groups -OCH3 is 1. The van der Waals surface area contributed by atoms with Crippen LogP contribution in [-0.2, 0) is 4.74 Å². The molecule has 1 aromatic rings. The Kier molecular flexibility index (Phi) is 5.85. The summed E-state index contributed by atoms with van der Waals surface area (Å²) < 4.78 is 17.8. The summed E-state index contributed by atoms with van der Waals surface area (Å²) in [6.07, 6.45) is -0.557. The number of benzene rings is 1. The summed E-state index contributed by atoms with van der Waals surface area (Å²) in [5.41, 5.74) is 0.876.